The molecule has 0 aliphatic heterocycles. The van der Waals surface area contributed by atoms with Crippen molar-refractivity contribution in [1.29, 1.82) is 0 Å². The Morgan fingerprint density at radius 3 is 2.30 bits per heavy atom. The molecule has 0 fully saturated rings. The van der Waals surface area contributed by atoms with E-state index in [0.717, 1.165) is 22.1 Å². The lowest BCUT2D eigenvalue weighted by Crippen LogP contribution is -2.42. The zero-order chi connectivity index (χ0) is 21.5. The molecule has 2 aromatic carbocycles. The molecule has 0 saturated carbocycles. The number of aromatic nitrogens is 2. The van der Waals surface area contributed by atoms with Gasteiger partial charge in [0.05, 0.1) is 6.42 Å². The molecule has 0 bridgehead atoms. The minimum Gasteiger partial charge on any atom is -0.273 e. The first-order valence-corrected chi connectivity index (χ1v) is 10.3. The number of benzene rings is 2. The number of nitrogens with one attached hydrogen (secondary N) is 2. The molecule has 30 heavy (non-hydrogen) atoms. The average Bonchev–Trinajstić information content (AvgIpc) is 2.70. The molecule has 1 heterocycles. The Labute approximate surface area is 178 Å². The number of thioether (sulfide) groups is 1. The number of hydrogen-bond donors (Lipinski definition) is 2. The summed E-state index contributed by atoms with van der Waals surface area (Å²) in [6, 6.07) is 14.7. The van der Waals surface area contributed by atoms with Gasteiger partial charge < -0.3 is 0 Å². The van der Waals surface area contributed by atoms with Crippen LogP contribution in [0.15, 0.2) is 59.8 Å². The first-order valence-electron chi connectivity index (χ1n) is 9.27. The molecular weight excluding hydrogens is 403 g/mol. The molecule has 3 rings (SSSR count). The Hall–Kier alpha value is -3.26. The van der Waals surface area contributed by atoms with Crippen LogP contribution >= 0.6 is 11.8 Å². The van der Waals surface area contributed by atoms with Crippen LogP contribution in [0.25, 0.3) is 0 Å². The van der Waals surface area contributed by atoms with E-state index in [2.05, 4.69) is 20.8 Å². The van der Waals surface area contributed by atoms with Crippen molar-refractivity contribution in [3.63, 3.8) is 0 Å². The summed E-state index contributed by atoms with van der Waals surface area (Å²) in [7, 11) is 0. The number of hydrogen-bond acceptors (Lipinski definition) is 5. The van der Waals surface area contributed by atoms with Gasteiger partial charge in [-0.3, -0.25) is 20.4 Å². The van der Waals surface area contributed by atoms with Gasteiger partial charge in [-0.25, -0.2) is 14.4 Å². The number of aryl methyl sites for hydroxylation is 2. The maximum atomic E-state index is 13.2. The normalized spacial score (nSPS) is 10.5. The summed E-state index contributed by atoms with van der Waals surface area (Å²) in [5.74, 6) is -0.601. The van der Waals surface area contributed by atoms with Crippen LogP contribution in [0.3, 0.4) is 0 Å². The van der Waals surface area contributed by atoms with Gasteiger partial charge in [-0.2, -0.15) is 0 Å². The fourth-order valence-corrected chi connectivity index (χ4v) is 3.64. The van der Waals surface area contributed by atoms with Gasteiger partial charge >= 0.3 is 0 Å². The predicted octanol–water partition coefficient (Wildman–Crippen LogP) is 3.53. The smallest absolute Gasteiger partial charge is 0.269 e. The number of rotatable bonds is 6. The van der Waals surface area contributed by atoms with Crippen molar-refractivity contribution >= 4 is 23.6 Å². The topological polar surface area (TPSA) is 84.0 Å². The van der Waals surface area contributed by atoms with Crippen LogP contribution in [-0.2, 0) is 17.0 Å². The molecule has 0 saturated heterocycles. The Morgan fingerprint density at radius 1 is 0.933 bits per heavy atom. The third-order valence-corrected chi connectivity index (χ3v) is 5.03. The SMILES string of the molecule is Cc1cc(C)nc(SCc2ccc(C(=O)NNC(=O)Cc3cccc(F)c3)cc2)n1. The maximum absolute atomic E-state index is 13.2. The zero-order valence-electron chi connectivity index (χ0n) is 16.6. The van der Waals surface area contributed by atoms with Crippen LogP contribution in [0.1, 0.15) is 32.9 Å². The molecule has 8 heteroatoms. The van der Waals surface area contributed by atoms with Gasteiger partial charge in [0, 0.05) is 22.7 Å². The van der Waals surface area contributed by atoms with Crippen LogP contribution in [0, 0.1) is 19.7 Å². The largest absolute Gasteiger partial charge is 0.273 e. The molecule has 0 radical (unpaired) electrons. The molecule has 1 aromatic heterocycles. The summed E-state index contributed by atoms with van der Waals surface area (Å²) in [5.41, 5.74) is 8.52. The van der Waals surface area contributed by atoms with E-state index in [1.165, 1.54) is 30.0 Å². The summed E-state index contributed by atoms with van der Waals surface area (Å²) in [4.78, 5) is 32.9. The van der Waals surface area contributed by atoms with E-state index in [-0.39, 0.29) is 6.42 Å². The van der Waals surface area contributed by atoms with Crippen LogP contribution < -0.4 is 10.9 Å². The minimum absolute atomic E-state index is 0.0330. The summed E-state index contributed by atoms with van der Waals surface area (Å²) in [6.45, 7) is 3.87. The van der Waals surface area contributed by atoms with Crippen molar-refractivity contribution in [3.8, 4) is 0 Å². The molecule has 0 spiro atoms. The summed E-state index contributed by atoms with van der Waals surface area (Å²) < 4.78 is 13.2. The first-order chi connectivity index (χ1) is 14.4. The highest BCUT2D eigenvalue weighted by atomic mass is 32.2. The molecule has 0 aliphatic carbocycles. The van der Waals surface area contributed by atoms with Gasteiger partial charge in [0.25, 0.3) is 5.91 Å². The van der Waals surface area contributed by atoms with E-state index < -0.39 is 17.6 Å². The lowest BCUT2D eigenvalue weighted by atomic mass is 10.1. The van der Waals surface area contributed by atoms with Gasteiger partial charge in [0.2, 0.25) is 5.91 Å². The second-order valence-corrected chi connectivity index (χ2v) is 7.67. The number of amides is 2. The van der Waals surface area contributed by atoms with Gasteiger partial charge in [0.15, 0.2) is 5.16 Å². The zero-order valence-corrected chi connectivity index (χ0v) is 17.4. The van der Waals surface area contributed by atoms with Crippen molar-refractivity contribution in [3.05, 3.63) is 88.5 Å². The molecule has 0 atom stereocenters. The summed E-state index contributed by atoms with van der Waals surface area (Å²) in [6.07, 6.45) is -0.0330. The van der Waals surface area contributed by atoms with Crippen molar-refractivity contribution in [1.82, 2.24) is 20.8 Å². The molecule has 154 valence electrons. The lowest BCUT2D eigenvalue weighted by molar-refractivity contribution is -0.121. The molecule has 2 amide bonds. The van der Waals surface area contributed by atoms with Crippen molar-refractivity contribution < 1.29 is 14.0 Å². The Balaban J connectivity index is 1.49. The molecule has 6 nitrogen and oxygen atoms in total. The minimum atomic E-state index is -0.435. The average molecular weight is 425 g/mol. The fraction of sp³-hybridized carbons (Fsp3) is 0.182. The molecule has 3 aromatic rings. The molecular formula is C22H21FN4O2S. The molecule has 0 aliphatic rings. The monoisotopic (exact) mass is 424 g/mol. The van der Waals surface area contributed by atoms with E-state index in [1.807, 2.05) is 32.0 Å². The van der Waals surface area contributed by atoms with Gasteiger partial charge in [0.1, 0.15) is 5.82 Å². The van der Waals surface area contributed by atoms with E-state index in [4.69, 9.17) is 0 Å². The van der Waals surface area contributed by atoms with Crippen LogP contribution in [-0.4, -0.2) is 21.8 Å². The van der Waals surface area contributed by atoms with E-state index in [9.17, 15) is 14.0 Å². The highest BCUT2D eigenvalue weighted by molar-refractivity contribution is 7.98. The maximum Gasteiger partial charge on any atom is 0.269 e. The highest BCUT2D eigenvalue weighted by Gasteiger charge is 2.09. The predicted molar refractivity (Wildman–Crippen MR) is 113 cm³/mol. The number of hydrazine groups is 1. The highest BCUT2D eigenvalue weighted by Crippen LogP contribution is 2.20. The van der Waals surface area contributed by atoms with Crippen molar-refractivity contribution in [2.45, 2.75) is 31.2 Å². The van der Waals surface area contributed by atoms with E-state index in [0.29, 0.717) is 16.9 Å². The molecule has 2 N–H and O–H groups in total. The number of halogens is 1. The fourth-order valence-electron chi connectivity index (χ4n) is 2.73. The number of carbonyl (C=O) groups is 2. The number of nitrogens with zero attached hydrogens (tertiary/aromatic N) is 2. The second-order valence-electron chi connectivity index (χ2n) is 6.73. The van der Waals surface area contributed by atoms with E-state index >= 15 is 0 Å². The Morgan fingerprint density at radius 2 is 1.63 bits per heavy atom. The summed E-state index contributed by atoms with van der Waals surface area (Å²) in [5, 5.41) is 0.718. The Kier molecular flexibility index (Phi) is 7.13. The van der Waals surface area contributed by atoms with Gasteiger partial charge in [-0.05, 0) is 55.3 Å². The first kappa shape index (κ1) is 21.4. The quantitative estimate of drug-likeness (QED) is 0.359. The van der Waals surface area contributed by atoms with E-state index in [1.54, 1.807) is 18.2 Å². The van der Waals surface area contributed by atoms with Crippen LogP contribution in [0.5, 0.6) is 0 Å². The Bertz CT molecular complexity index is 1040. The number of carbonyl (C=O) groups excluding carboxylic acids is 2. The molecule has 0 unspecified atom stereocenters. The van der Waals surface area contributed by atoms with Crippen LogP contribution in [0.4, 0.5) is 4.39 Å². The standard InChI is InChI=1S/C22H21FN4O2S/c1-14-10-15(2)25-22(24-14)30-13-16-6-8-18(9-7-16)21(29)27-26-20(28)12-17-4-3-5-19(23)11-17/h3-11H,12-13H2,1-2H3,(H,26,28)(H,27,29). The van der Waals surface area contributed by atoms with Crippen molar-refractivity contribution in [2.75, 3.05) is 0 Å². The van der Waals surface area contributed by atoms with Gasteiger partial charge in [-0.15, -0.1) is 0 Å². The lowest BCUT2D eigenvalue weighted by Gasteiger charge is -2.08. The van der Waals surface area contributed by atoms with Crippen molar-refractivity contribution in [2.24, 2.45) is 0 Å². The van der Waals surface area contributed by atoms with Crippen LogP contribution in [0.2, 0.25) is 0 Å². The van der Waals surface area contributed by atoms with Gasteiger partial charge in [-0.1, -0.05) is 36.0 Å². The third kappa shape index (κ3) is 6.38. The summed E-state index contributed by atoms with van der Waals surface area (Å²) >= 11 is 1.53. The second kappa shape index (κ2) is 9.98. The third-order valence-electron chi connectivity index (χ3n) is 4.11.